The normalized spacial score (nSPS) is 12.4. The maximum absolute atomic E-state index is 12.4. The highest BCUT2D eigenvalue weighted by Crippen LogP contribution is 2.22. The molecular formula is C18H16N2O3S2. The SMILES string of the molecule is C=CCn1c(=NC(=O)c2ccccc2)sc2cc(S(C)(=O)=O)ccc21. The fourth-order valence-corrected chi connectivity index (χ4v) is 4.21. The fourth-order valence-electron chi connectivity index (χ4n) is 2.41. The van der Waals surface area contributed by atoms with E-state index in [2.05, 4.69) is 11.6 Å². The van der Waals surface area contributed by atoms with Gasteiger partial charge in [0.2, 0.25) is 0 Å². The zero-order chi connectivity index (χ0) is 18.0. The van der Waals surface area contributed by atoms with Crippen molar-refractivity contribution in [2.45, 2.75) is 11.4 Å². The smallest absolute Gasteiger partial charge is 0.279 e. The molecular weight excluding hydrogens is 356 g/mol. The first-order chi connectivity index (χ1) is 11.9. The first-order valence-electron chi connectivity index (χ1n) is 7.48. The number of thiazole rings is 1. The van der Waals surface area contributed by atoms with Crippen molar-refractivity contribution >= 4 is 37.3 Å². The van der Waals surface area contributed by atoms with E-state index in [0.717, 1.165) is 10.2 Å². The van der Waals surface area contributed by atoms with Crippen LogP contribution in [0.3, 0.4) is 0 Å². The summed E-state index contributed by atoms with van der Waals surface area (Å²) in [5.41, 5.74) is 1.32. The van der Waals surface area contributed by atoms with Crippen LogP contribution < -0.4 is 4.80 Å². The second-order valence-corrected chi connectivity index (χ2v) is 8.49. The molecule has 1 heterocycles. The van der Waals surface area contributed by atoms with E-state index in [1.165, 1.54) is 17.6 Å². The third-order valence-electron chi connectivity index (χ3n) is 3.61. The van der Waals surface area contributed by atoms with Crippen molar-refractivity contribution in [1.29, 1.82) is 0 Å². The van der Waals surface area contributed by atoms with E-state index in [0.29, 0.717) is 16.9 Å². The Morgan fingerprint density at radius 1 is 1.24 bits per heavy atom. The van der Waals surface area contributed by atoms with E-state index < -0.39 is 9.84 Å². The Labute approximate surface area is 149 Å². The monoisotopic (exact) mass is 372 g/mol. The van der Waals surface area contributed by atoms with E-state index in [1.807, 2.05) is 10.6 Å². The molecule has 0 N–H and O–H groups in total. The molecule has 3 aromatic rings. The minimum Gasteiger partial charge on any atom is -0.312 e. The molecule has 1 amide bonds. The Hall–Kier alpha value is -2.51. The fraction of sp³-hybridized carbons (Fsp3) is 0.111. The number of aromatic nitrogens is 1. The number of carbonyl (C=O) groups excluding carboxylic acids is 1. The zero-order valence-electron chi connectivity index (χ0n) is 13.5. The van der Waals surface area contributed by atoms with Gasteiger partial charge in [-0.3, -0.25) is 4.79 Å². The number of carbonyl (C=O) groups is 1. The van der Waals surface area contributed by atoms with Crippen molar-refractivity contribution in [3.63, 3.8) is 0 Å². The van der Waals surface area contributed by atoms with Crippen molar-refractivity contribution in [3.8, 4) is 0 Å². The second-order valence-electron chi connectivity index (χ2n) is 5.47. The zero-order valence-corrected chi connectivity index (χ0v) is 15.2. The van der Waals surface area contributed by atoms with Crippen LogP contribution in [0.2, 0.25) is 0 Å². The molecule has 25 heavy (non-hydrogen) atoms. The van der Waals surface area contributed by atoms with E-state index >= 15 is 0 Å². The van der Waals surface area contributed by atoms with E-state index in [1.54, 1.807) is 48.5 Å². The van der Waals surface area contributed by atoms with Crippen LogP contribution in [0.15, 0.2) is 71.1 Å². The highest BCUT2D eigenvalue weighted by molar-refractivity contribution is 7.90. The van der Waals surface area contributed by atoms with Gasteiger partial charge in [-0.2, -0.15) is 4.99 Å². The van der Waals surface area contributed by atoms with Crippen LogP contribution in [-0.4, -0.2) is 25.1 Å². The lowest BCUT2D eigenvalue weighted by Crippen LogP contribution is -2.16. The Kier molecular flexibility index (Phi) is 4.69. The van der Waals surface area contributed by atoms with Gasteiger partial charge in [-0.1, -0.05) is 35.6 Å². The number of allylic oxidation sites excluding steroid dienone is 1. The summed E-state index contributed by atoms with van der Waals surface area (Å²) in [5.74, 6) is -0.340. The maximum atomic E-state index is 12.4. The standard InChI is InChI=1S/C18H16N2O3S2/c1-3-11-20-15-10-9-14(25(2,22)23)12-16(15)24-18(20)19-17(21)13-7-5-4-6-8-13/h3-10,12H,1,11H2,2H3. The summed E-state index contributed by atoms with van der Waals surface area (Å²) in [6, 6.07) is 13.7. The highest BCUT2D eigenvalue weighted by atomic mass is 32.2. The van der Waals surface area contributed by atoms with E-state index in [4.69, 9.17) is 0 Å². The average Bonchev–Trinajstić information content (AvgIpc) is 2.92. The van der Waals surface area contributed by atoms with Gasteiger partial charge in [0.05, 0.1) is 15.1 Å². The first kappa shape index (κ1) is 17.3. The summed E-state index contributed by atoms with van der Waals surface area (Å²) >= 11 is 1.28. The summed E-state index contributed by atoms with van der Waals surface area (Å²) < 4.78 is 26.1. The third-order valence-corrected chi connectivity index (χ3v) is 5.76. The predicted molar refractivity (Wildman–Crippen MR) is 99.5 cm³/mol. The number of benzene rings is 2. The van der Waals surface area contributed by atoms with Gasteiger partial charge in [0.15, 0.2) is 14.6 Å². The molecule has 0 aliphatic carbocycles. The van der Waals surface area contributed by atoms with Gasteiger partial charge in [-0.15, -0.1) is 6.58 Å². The summed E-state index contributed by atoms with van der Waals surface area (Å²) in [6.07, 6.45) is 2.88. The van der Waals surface area contributed by atoms with Gasteiger partial charge in [-0.05, 0) is 30.3 Å². The minimum absolute atomic E-state index is 0.243. The molecule has 0 spiro atoms. The van der Waals surface area contributed by atoms with Crippen LogP contribution in [0.5, 0.6) is 0 Å². The number of hydrogen-bond donors (Lipinski definition) is 0. The molecule has 3 rings (SSSR count). The minimum atomic E-state index is -3.30. The largest absolute Gasteiger partial charge is 0.312 e. The van der Waals surface area contributed by atoms with Crippen molar-refractivity contribution in [3.05, 3.63) is 71.6 Å². The predicted octanol–water partition coefficient (Wildman–Crippen LogP) is 3.03. The second kappa shape index (κ2) is 6.78. The van der Waals surface area contributed by atoms with Gasteiger partial charge in [0, 0.05) is 18.4 Å². The van der Waals surface area contributed by atoms with Crippen molar-refractivity contribution in [2.24, 2.45) is 4.99 Å². The molecule has 2 aromatic carbocycles. The molecule has 0 aliphatic heterocycles. The van der Waals surface area contributed by atoms with Crippen LogP contribution in [0.25, 0.3) is 10.2 Å². The van der Waals surface area contributed by atoms with Crippen molar-refractivity contribution < 1.29 is 13.2 Å². The number of hydrogen-bond acceptors (Lipinski definition) is 4. The van der Waals surface area contributed by atoms with Crippen LogP contribution in [0, 0.1) is 0 Å². The first-order valence-corrected chi connectivity index (χ1v) is 10.2. The summed E-state index contributed by atoms with van der Waals surface area (Å²) in [5, 5.41) is 0. The quantitative estimate of drug-likeness (QED) is 0.661. The number of sulfone groups is 1. The molecule has 0 atom stereocenters. The third kappa shape index (κ3) is 3.62. The maximum Gasteiger partial charge on any atom is 0.279 e. The molecule has 7 heteroatoms. The number of amides is 1. The van der Waals surface area contributed by atoms with E-state index in [9.17, 15) is 13.2 Å². The highest BCUT2D eigenvalue weighted by Gasteiger charge is 2.12. The van der Waals surface area contributed by atoms with Gasteiger partial charge in [0.1, 0.15) is 0 Å². The lowest BCUT2D eigenvalue weighted by molar-refractivity contribution is 0.0998. The Morgan fingerprint density at radius 2 is 1.96 bits per heavy atom. The summed E-state index contributed by atoms with van der Waals surface area (Å²) in [4.78, 5) is 17.4. The Balaban J connectivity index is 2.20. The number of nitrogens with zero attached hydrogens (tertiary/aromatic N) is 2. The molecule has 0 fully saturated rings. The van der Waals surface area contributed by atoms with Gasteiger partial charge >= 0.3 is 0 Å². The van der Waals surface area contributed by atoms with Crippen molar-refractivity contribution in [2.75, 3.05) is 6.26 Å². The average molecular weight is 372 g/mol. The Morgan fingerprint density at radius 3 is 2.60 bits per heavy atom. The van der Waals surface area contributed by atoms with Crippen LogP contribution in [0.4, 0.5) is 0 Å². The molecule has 0 radical (unpaired) electrons. The molecule has 0 bridgehead atoms. The lowest BCUT2D eigenvalue weighted by Gasteiger charge is -2.02. The van der Waals surface area contributed by atoms with E-state index in [-0.39, 0.29) is 10.8 Å². The van der Waals surface area contributed by atoms with Gasteiger partial charge in [0.25, 0.3) is 5.91 Å². The molecule has 1 aromatic heterocycles. The molecule has 5 nitrogen and oxygen atoms in total. The van der Waals surface area contributed by atoms with Crippen LogP contribution >= 0.6 is 11.3 Å². The lowest BCUT2D eigenvalue weighted by atomic mass is 10.2. The number of fused-ring (bicyclic) bond motifs is 1. The molecule has 128 valence electrons. The summed E-state index contributed by atoms with van der Waals surface area (Å²) in [6.45, 7) is 4.21. The van der Waals surface area contributed by atoms with Crippen LogP contribution in [-0.2, 0) is 16.4 Å². The number of rotatable bonds is 4. The molecule has 0 saturated heterocycles. The summed E-state index contributed by atoms with van der Waals surface area (Å²) in [7, 11) is -3.30. The molecule has 0 saturated carbocycles. The van der Waals surface area contributed by atoms with Gasteiger partial charge < -0.3 is 4.57 Å². The topological polar surface area (TPSA) is 68.5 Å². The molecule has 0 aliphatic rings. The molecule has 0 unspecified atom stereocenters. The van der Waals surface area contributed by atoms with Crippen molar-refractivity contribution in [1.82, 2.24) is 4.57 Å². The van der Waals surface area contributed by atoms with Crippen LogP contribution in [0.1, 0.15) is 10.4 Å². The Bertz CT molecular complexity index is 1120. The van der Waals surface area contributed by atoms with Gasteiger partial charge in [-0.25, -0.2) is 8.42 Å².